The molecule has 1 heterocycles. The van der Waals surface area contributed by atoms with Gasteiger partial charge in [-0.15, -0.1) is 11.3 Å². The van der Waals surface area contributed by atoms with Crippen molar-refractivity contribution in [1.82, 2.24) is 5.32 Å². The van der Waals surface area contributed by atoms with E-state index in [1.165, 1.54) is 10.4 Å². The van der Waals surface area contributed by atoms with E-state index in [4.69, 9.17) is 0 Å². The molecule has 0 spiro atoms. The molecule has 0 aliphatic rings. The van der Waals surface area contributed by atoms with Crippen LogP contribution in [0.4, 0.5) is 0 Å². The molecule has 0 aliphatic carbocycles. The molecule has 0 aliphatic heterocycles. The van der Waals surface area contributed by atoms with E-state index in [0.717, 1.165) is 20.0 Å². The lowest BCUT2D eigenvalue weighted by molar-refractivity contribution is 0.637. The number of halogens is 3. The second-order valence-electron chi connectivity index (χ2n) is 3.83. The molecule has 1 nitrogen and oxygen atoms in total. The minimum atomic E-state index is 0.221. The van der Waals surface area contributed by atoms with Crippen LogP contribution in [-0.2, 0) is 0 Å². The second-order valence-corrected chi connectivity index (χ2v) is 7.46. The monoisotopic (exact) mass is 451 g/mol. The molecule has 1 N–H and O–H groups in total. The Morgan fingerprint density at radius 3 is 2.33 bits per heavy atom. The highest BCUT2D eigenvalue weighted by molar-refractivity contribution is 9.11. The van der Waals surface area contributed by atoms with E-state index in [-0.39, 0.29) is 6.04 Å². The van der Waals surface area contributed by atoms with Crippen molar-refractivity contribution in [2.24, 2.45) is 0 Å². The Balaban J connectivity index is 2.44. The molecule has 1 aromatic carbocycles. The fourth-order valence-electron chi connectivity index (χ4n) is 1.82. The number of rotatable bonds is 4. The van der Waals surface area contributed by atoms with Crippen molar-refractivity contribution < 1.29 is 0 Å². The molecule has 0 saturated heterocycles. The summed E-state index contributed by atoms with van der Waals surface area (Å²) in [6.45, 7) is 3.06. The summed E-state index contributed by atoms with van der Waals surface area (Å²) in [5, 5.41) is 5.64. The zero-order valence-corrected chi connectivity index (χ0v) is 15.3. The minimum absolute atomic E-state index is 0.221. The lowest BCUT2D eigenvalue weighted by Crippen LogP contribution is -2.21. The molecular formula is C13H12Br3NS. The molecule has 0 amide bonds. The molecule has 1 atom stereocenters. The van der Waals surface area contributed by atoms with Crippen LogP contribution in [-0.4, -0.2) is 6.54 Å². The standard InChI is InChI=1S/C13H12Br3NS/c1-2-17-12(13-11(16)3-4-18-13)8-5-9(14)7-10(15)6-8/h3-7,12,17H,2H2,1H3. The topological polar surface area (TPSA) is 12.0 Å². The van der Waals surface area contributed by atoms with Crippen molar-refractivity contribution in [3.63, 3.8) is 0 Å². The molecule has 18 heavy (non-hydrogen) atoms. The molecule has 5 heteroatoms. The van der Waals surface area contributed by atoms with Crippen LogP contribution < -0.4 is 5.32 Å². The molecular weight excluding hydrogens is 442 g/mol. The summed E-state index contributed by atoms with van der Waals surface area (Å²) < 4.78 is 3.33. The van der Waals surface area contributed by atoms with Gasteiger partial charge in [0, 0.05) is 18.3 Å². The van der Waals surface area contributed by atoms with Gasteiger partial charge in [-0.1, -0.05) is 38.8 Å². The Morgan fingerprint density at radius 1 is 1.17 bits per heavy atom. The maximum Gasteiger partial charge on any atom is 0.0683 e. The summed E-state index contributed by atoms with van der Waals surface area (Å²) in [4.78, 5) is 1.31. The fourth-order valence-corrected chi connectivity index (χ4v) is 4.85. The van der Waals surface area contributed by atoms with Crippen molar-refractivity contribution in [3.8, 4) is 0 Å². The molecule has 0 fully saturated rings. The highest BCUT2D eigenvalue weighted by Gasteiger charge is 2.17. The van der Waals surface area contributed by atoms with Gasteiger partial charge in [-0.3, -0.25) is 0 Å². The Morgan fingerprint density at radius 2 is 1.83 bits per heavy atom. The van der Waals surface area contributed by atoms with Gasteiger partial charge in [-0.25, -0.2) is 0 Å². The molecule has 1 aromatic heterocycles. The smallest absolute Gasteiger partial charge is 0.0683 e. The summed E-state index contributed by atoms with van der Waals surface area (Å²) in [5.74, 6) is 0. The summed E-state index contributed by atoms with van der Waals surface area (Å²) in [5.41, 5.74) is 1.25. The van der Waals surface area contributed by atoms with Crippen LogP contribution in [0, 0.1) is 0 Å². The van der Waals surface area contributed by atoms with Gasteiger partial charge < -0.3 is 5.32 Å². The highest BCUT2D eigenvalue weighted by atomic mass is 79.9. The number of hydrogen-bond acceptors (Lipinski definition) is 2. The van der Waals surface area contributed by atoms with Crippen molar-refractivity contribution in [3.05, 3.63) is 53.5 Å². The average molecular weight is 454 g/mol. The molecule has 0 radical (unpaired) electrons. The van der Waals surface area contributed by atoms with Gasteiger partial charge in [0.1, 0.15) is 0 Å². The first-order valence-corrected chi connectivity index (χ1v) is 8.80. The first-order chi connectivity index (χ1) is 8.61. The van der Waals surface area contributed by atoms with Crippen LogP contribution in [0.25, 0.3) is 0 Å². The number of thiophene rings is 1. The number of nitrogens with one attached hydrogen (secondary N) is 1. The lowest BCUT2D eigenvalue weighted by Gasteiger charge is -2.18. The van der Waals surface area contributed by atoms with E-state index in [1.54, 1.807) is 11.3 Å². The van der Waals surface area contributed by atoms with Crippen LogP contribution in [0.2, 0.25) is 0 Å². The van der Waals surface area contributed by atoms with E-state index in [9.17, 15) is 0 Å². The quantitative estimate of drug-likeness (QED) is 0.622. The Bertz CT molecular complexity index is 519. The van der Waals surface area contributed by atoms with E-state index in [2.05, 4.69) is 89.7 Å². The van der Waals surface area contributed by atoms with E-state index in [0.29, 0.717) is 0 Å². The molecule has 2 rings (SSSR count). The normalized spacial score (nSPS) is 12.7. The van der Waals surface area contributed by atoms with Gasteiger partial charge in [0.15, 0.2) is 0 Å². The first kappa shape index (κ1) is 14.7. The lowest BCUT2D eigenvalue weighted by atomic mass is 10.1. The predicted octanol–water partition coefficient (Wildman–Crippen LogP) is 5.73. The van der Waals surface area contributed by atoms with Crippen LogP contribution >= 0.6 is 59.1 Å². The molecule has 2 aromatic rings. The van der Waals surface area contributed by atoms with Crippen LogP contribution in [0.5, 0.6) is 0 Å². The minimum Gasteiger partial charge on any atom is -0.306 e. The Labute approximate surface area is 136 Å². The molecule has 0 bridgehead atoms. The van der Waals surface area contributed by atoms with Crippen LogP contribution in [0.3, 0.4) is 0 Å². The van der Waals surface area contributed by atoms with Crippen molar-refractivity contribution in [2.75, 3.05) is 6.54 Å². The summed E-state index contributed by atoms with van der Waals surface area (Å²) >= 11 is 12.5. The average Bonchev–Trinajstić information content (AvgIpc) is 2.71. The fraction of sp³-hybridized carbons (Fsp3) is 0.231. The largest absolute Gasteiger partial charge is 0.306 e. The third-order valence-electron chi connectivity index (χ3n) is 2.53. The maximum atomic E-state index is 3.62. The summed E-state index contributed by atoms with van der Waals surface area (Å²) in [7, 11) is 0. The zero-order chi connectivity index (χ0) is 13.1. The second kappa shape index (κ2) is 6.66. The van der Waals surface area contributed by atoms with Crippen LogP contribution in [0.15, 0.2) is 43.1 Å². The van der Waals surface area contributed by atoms with Gasteiger partial charge in [-0.05, 0) is 57.7 Å². The highest BCUT2D eigenvalue weighted by Crippen LogP contribution is 2.35. The van der Waals surface area contributed by atoms with Crippen molar-refractivity contribution in [2.45, 2.75) is 13.0 Å². The summed E-state index contributed by atoms with van der Waals surface area (Å²) in [6.07, 6.45) is 0. The van der Waals surface area contributed by atoms with E-state index in [1.807, 2.05) is 0 Å². The van der Waals surface area contributed by atoms with Gasteiger partial charge in [0.05, 0.1) is 6.04 Å². The van der Waals surface area contributed by atoms with E-state index >= 15 is 0 Å². The Kier molecular flexibility index (Phi) is 5.45. The first-order valence-electron chi connectivity index (χ1n) is 5.54. The SMILES string of the molecule is CCNC(c1cc(Br)cc(Br)c1)c1sccc1Br. The van der Waals surface area contributed by atoms with Crippen molar-refractivity contribution >= 4 is 59.1 Å². The van der Waals surface area contributed by atoms with E-state index < -0.39 is 0 Å². The molecule has 0 saturated carbocycles. The third-order valence-corrected chi connectivity index (χ3v) is 5.38. The van der Waals surface area contributed by atoms with Gasteiger partial charge in [0.25, 0.3) is 0 Å². The van der Waals surface area contributed by atoms with Gasteiger partial charge in [0.2, 0.25) is 0 Å². The van der Waals surface area contributed by atoms with Crippen molar-refractivity contribution in [1.29, 1.82) is 0 Å². The zero-order valence-electron chi connectivity index (χ0n) is 9.71. The van der Waals surface area contributed by atoms with Gasteiger partial charge >= 0.3 is 0 Å². The summed E-state index contributed by atoms with van der Waals surface area (Å²) in [6, 6.07) is 8.68. The number of benzene rings is 1. The molecule has 96 valence electrons. The third kappa shape index (κ3) is 3.45. The number of hydrogen-bond donors (Lipinski definition) is 1. The van der Waals surface area contributed by atoms with Gasteiger partial charge in [-0.2, -0.15) is 0 Å². The van der Waals surface area contributed by atoms with Crippen LogP contribution in [0.1, 0.15) is 23.4 Å². The predicted molar refractivity (Wildman–Crippen MR) is 89.4 cm³/mol. The maximum absolute atomic E-state index is 3.62. The Hall–Kier alpha value is 0.320. The molecule has 1 unspecified atom stereocenters.